The molecule has 1 N–H and O–H groups in total. The fourth-order valence-electron chi connectivity index (χ4n) is 4.53. The average molecular weight is 432 g/mol. The molecule has 2 saturated carbocycles. The highest BCUT2D eigenvalue weighted by Gasteiger charge is 2.25. The molecule has 0 aliphatic heterocycles. The second kappa shape index (κ2) is 9.29. The number of fused-ring (bicyclic) bond motifs is 1. The number of aromatic nitrogens is 2. The second-order valence-corrected chi connectivity index (χ2v) is 9.48. The number of esters is 1. The summed E-state index contributed by atoms with van der Waals surface area (Å²) in [5, 5.41) is 3.43. The largest absolute Gasteiger partial charge is 0.458 e. The molecule has 162 valence electrons. The van der Waals surface area contributed by atoms with Crippen molar-refractivity contribution in [1.82, 2.24) is 14.9 Å². The van der Waals surface area contributed by atoms with Gasteiger partial charge in [0.1, 0.15) is 22.4 Å². The van der Waals surface area contributed by atoms with Gasteiger partial charge >= 0.3 is 5.97 Å². The molecule has 2 fully saturated rings. The SMILES string of the molecule is Cc1c(C(=O)OC2CCCCC2)sc2ncn(CC(=O)NC3CCCCC3)c(=O)c12. The van der Waals surface area contributed by atoms with E-state index in [-0.39, 0.29) is 36.1 Å². The van der Waals surface area contributed by atoms with Gasteiger partial charge in [-0.3, -0.25) is 14.2 Å². The first kappa shape index (κ1) is 21.0. The van der Waals surface area contributed by atoms with Crippen molar-refractivity contribution in [1.29, 1.82) is 0 Å². The van der Waals surface area contributed by atoms with Gasteiger partial charge in [0.25, 0.3) is 5.56 Å². The number of carbonyl (C=O) groups excluding carboxylic acids is 2. The zero-order valence-electron chi connectivity index (χ0n) is 17.4. The second-order valence-electron chi connectivity index (χ2n) is 8.48. The molecule has 7 nitrogen and oxygen atoms in total. The Morgan fingerprint density at radius 3 is 2.50 bits per heavy atom. The number of carbonyl (C=O) groups is 2. The Hall–Kier alpha value is -2.22. The van der Waals surface area contributed by atoms with E-state index in [9.17, 15) is 14.4 Å². The Morgan fingerprint density at radius 1 is 1.13 bits per heavy atom. The number of nitrogens with zero attached hydrogens (tertiary/aromatic N) is 2. The zero-order chi connectivity index (χ0) is 21.1. The molecule has 2 aromatic heterocycles. The molecule has 0 unspecified atom stereocenters. The summed E-state index contributed by atoms with van der Waals surface area (Å²) in [6.45, 7) is 1.70. The summed E-state index contributed by atoms with van der Waals surface area (Å²) in [6.07, 6.45) is 12.0. The van der Waals surface area contributed by atoms with E-state index in [1.807, 2.05) is 0 Å². The van der Waals surface area contributed by atoms with Crippen molar-refractivity contribution in [2.24, 2.45) is 0 Å². The molecule has 0 aromatic carbocycles. The minimum Gasteiger partial charge on any atom is -0.458 e. The molecule has 2 aliphatic rings. The van der Waals surface area contributed by atoms with Gasteiger partial charge in [-0.05, 0) is 51.0 Å². The van der Waals surface area contributed by atoms with Crippen molar-refractivity contribution >= 4 is 33.4 Å². The minimum absolute atomic E-state index is 0.0380. The molecular formula is C22H29N3O4S. The predicted molar refractivity (Wildman–Crippen MR) is 116 cm³/mol. The van der Waals surface area contributed by atoms with E-state index in [1.165, 1.54) is 35.1 Å². The van der Waals surface area contributed by atoms with E-state index in [1.54, 1.807) is 6.92 Å². The number of hydrogen-bond acceptors (Lipinski definition) is 6. The lowest BCUT2D eigenvalue weighted by atomic mass is 9.95. The fraction of sp³-hybridized carbons (Fsp3) is 0.636. The maximum atomic E-state index is 13.0. The average Bonchev–Trinajstić information content (AvgIpc) is 3.09. The third-order valence-electron chi connectivity index (χ3n) is 6.21. The first-order valence-corrected chi connectivity index (χ1v) is 11.8. The molecule has 2 aromatic rings. The number of thiophene rings is 1. The van der Waals surface area contributed by atoms with Gasteiger partial charge in [0.05, 0.1) is 11.7 Å². The number of rotatable bonds is 5. The smallest absolute Gasteiger partial charge is 0.348 e. The zero-order valence-corrected chi connectivity index (χ0v) is 18.3. The van der Waals surface area contributed by atoms with Crippen molar-refractivity contribution in [3.05, 3.63) is 27.1 Å². The molecule has 0 saturated heterocycles. The van der Waals surface area contributed by atoms with Crippen LogP contribution in [0.5, 0.6) is 0 Å². The number of amides is 1. The summed E-state index contributed by atoms with van der Waals surface area (Å²) < 4.78 is 7.01. The maximum absolute atomic E-state index is 13.0. The number of hydrogen-bond donors (Lipinski definition) is 1. The highest BCUT2D eigenvalue weighted by atomic mass is 32.1. The minimum atomic E-state index is -0.372. The third-order valence-corrected chi connectivity index (χ3v) is 7.39. The van der Waals surface area contributed by atoms with E-state index in [0.717, 1.165) is 51.4 Å². The van der Waals surface area contributed by atoms with Crippen LogP contribution in [0.3, 0.4) is 0 Å². The van der Waals surface area contributed by atoms with Crippen molar-refractivity contribution < 1.29 is 14.3 Å². The van der Waals surface area contributed by atoms with Crippen LogP contribution in [-0.4, -0.2) is 33.6 Å². The first-order chi connectivity index (χ1) is 14.5. The van der Waals surface area contributed by atoms with Gasteiger partial charge in [-0.15, -0.1) is 11.3 Å². The Kier molecular flexibility index (Phi) is 6.51. The monoisotopic (exact) mass is 431 g/mol. The highest BCUT2D eigenvalue weighted by molar-refractivity contribution is 7.20. The van der Waals surface area contributed by atoms with Crippen LogP contribution in [0.2, 0.25) is 0 Å². The Labute approximate surface area is 179 Å². The molecule has 2 aliphatic carbocycles. The lowest BCUT2D eigenvalue weighted by molar-refractivity contribution is -0.122. The molecule has 0 bridgehead atoms. The van der Waals surface area contributed by atoms with Gasteiger partial charge in [0.15, 0.2) is 0 Å². The number of nitrogens with one attached hydrogen (secondary N) is 1. The van der Waals surface area contributed by atoms with Crippen molar-refractivity contribution in [3.8, 4) is 0 Å². The van der Waals surface area contributed by atoms with Crippen LogP contribution in [0.1, 0.15) is 79.4 Å². The summed E-state index contributed by atoms with van der Waals surface area (Å²) in [5.41, 5.74) is 0.305. The van der Waals surface area contributed by atoms with Gasteiger partial charge in [-0.2, -0.15) is 0 Å². The van der Waals surface area contributed by atoms with Gasteiger partial charge < -0.3 is 10.1 Å². The van der Waals surface area contributed by atoms with E-state index >= 15 is 0 Å². The van der Waals surface area contributed by atoms with Crippen molar-refractivity contribution in [2.75, 3.05) is 0 Å². The predicted octanol–water partition coefficient (Wildman–Crippen LogP) is 3.70. The summed E-state index contributed by atoms with van der Waals surface area (Å²) in [7, 11) is 0. The Bertz CT molecular complexity index is 984. The standard InChI is InChI=1S/C22H29N3O4S/c1-14-18-20(30-19(14)22(28)29-16-10-6-3-7-11-16)23-13-25(21(18)27)12-17(26)24-15-8-4-2-5-9-15/h13,15-16H,2-12H2,1H3,(H,24,26). The third kappa shape index (κ3) is 4.58. The molecule has 0 radical (unpaired) electrons. The summed E-state index contributed by atoms with van der Waals surface area (Å²) in [5.74, 6) is -0.543. The molecule has 1 amide bonds. The van der Waals surface area contributed by atoms with Crippen LogP contribution in [0.25, 0.3) is 10.2 Å². The maximum Gasteiger partial charge on any atom is 0.348 e. The highest BCUT2D eigenvalue weighted by Crippen LogP contribution is 2.29. The lowest BCUT2D eigenvalue weighted by Crippen LogP contribution is -2.39. The van der Waals surface area contributed by atoms with Crippen LogP contribution in [0.4, 0.5) is 0 Å². The van der Waals surface area contributed by atoms with E-state index in [2.05, 4.69) is 10.3 Å². The van der Waals surface area contributed by atoms with Crippen LogP contribution in [0.15, 0.2) is 11.1 Å². The Morgan fingerprint density at radius 2 is 1.80 bits per heavy atom. The molecule has 4 rings (SSSR count). The van der Waals surface area contributed by atoms with Crippen LogP contribution in [-0.2, 0) is 16.1 Å². The molecular weight excluding hydrogens is 402 g/mol. The van der Waals surface area contributed by atoms with Crippen molar-refractivity contribution in [2.45, 2.75) is 89.8 Å². The van der Waals surface area contributed by atoms with E-state index in [0.29, 0.717) is 20.7 Å². The molecule has 2 heterocycles. The Balaban J connectivity index is 1.50. The first-order valence-electron chi connectivity index (χ1n) is 11.0. The molecule has 8 heteroatoms. The fourth-order valence-corrected chi connectivity index (χ4v) is 5.55. The lowest BCUT2D eigenvalue weighted by Gasteiger charge is -2.22. The number of ether oxygens (including phenoxy) is 1. The normalized spacial score (nSPS) is 18.4. The summed E-state index contributed by atoms with van der Waals surface area (Å²) in [6, 6.07) is 0.197. The van der Waals surface area contributed by atoms with Crippen LogP contribution < -0.4 is 10.9 Å². The van der Waals surface area contributed by atoms with Gasteiger partial charge in [0, 0.05) is 6.04 Å². The molecule has 0 atom stereocenters. The summed E-state index contributed by atoms with van der Waals surface area (Å²) in [4.78, 5) is 43.4. The van der Waals surface area contributed by atoms with Gasteiger partial charge in [0.2, 0.25) is 5.91 Å². The van der Waals surface area contributed by atoms with Gasteiger partial charge in [-0.25, -0.2) is 9.78 Å². The van der Waals surface area contributed by atoms with E-state index in [4.69, 9.17) is 4.74 Å². The van der Waals surface area contributed by atoms with Crippen LogP contribution in [0, 0.1) is 6.92 Å². The van der Waals surface area contributed by atoms with E-state index < -0.39 is 0 Å². The topological polar surface area (TPSA) is 90.3 Å². The van der Waals surface area contributed by atoms with Crippen LogP contribution >= 0.6 is 11.3 Å². The summed E-state index contributed by atoms with van der Waals surface area (Å²) >= 11 is 1.19. The molecule has 30 heavy (non-hydrogen) atoms. The quantitative estimate of drug-likeness (QED) is 0.729. The molecule has 0 spiro atoms. The number of aryl methyl sites for hydroxylation is 1. The van der Waals surface area contributed by atoms with Crippen molar-refractivity contribution in [3.63, 3.8) is 0 Å². The van der Waals surface area contributed by atoms with Gasteiger partial charge in [-0.1, -0.05) is 25.7 Å².